The van der Waals surface area contributed by atoms with Crippen molar-refractivity contribution in [2.24, 2.45) is 0 Å². The molecule has 1 aliphatic rings. The molecule has 0 aliphatic carbocycles. The minimum atomic E-state index is -0.318. The van der Waals surface area contributed by atoms with Crippen LogP contribution in [0.5, 0.6) is 0 Å². The lowest BCUT2D eigenvalue weighted by Gasteiger charge is -2.29. The van der Waals surface area contributed by atoms with Crippen molar-refractivity contribution in [1.82, 2.24) is 9.78 Å². The van der Waals surface area contributed by atoms with Gasteiger partial charge in [-0.05, 0) is 24.8 Å². The molecule has 0 bridgehead atoms. The lowest BCUT2D eigenvalue weighted by atomic mass is 10.1. The van der Waals surface area contributed by atoms with E-state index in [2.05, 4.69) is 10.00 Å². The second-order valence-electron chi connectivity index (χ2n) is 5.56. The van der Waals surface area contributed by atoms with Gasteiger partial charge in [0, 0.05) is 13.1 Å². The van der Waals surface area contributed by atoms with Gasteiger partial charge in [0.25, 0.3) is 5.56 Å². The number of aromatic nitrogens is 2. The Labute approximate surface area is 129 Å². The molecule has 2 heterocycles. The molecule has 1 aliphatic heterocycles. The maximum atomic E-state index is 12.5. The Kier molecular flexibility index (Phi) is 4.32. The predicted molar refractivity (Wildman–Crippen MR) is 85.5 cm³/mol. The van der Waals surface area contributed by atoms with E-state index in [1.165, 1.54) is 11.1 Å². The van der Waals surface area contributed by atoms with E-state index in [1.54, 1.807) is 6.20 Å². The molecule has 0 radical (unpaired) electrons. The molecule has 5 heteroatoms. The highest BCUT2D eigenvalue weighted by molar-refractivity contribution is 5.83. The van der Waals surface area contributed by atoms with Crippen molar-refractivity contribution in [2.75, 3.05) is 18.0 Å². The summed E-state index contributed by atoms with van der Waals surface area (Å²) in [6.45, 7) is 2.14. The first-order chi connectivity index (χ1) is 10.8. The summed E-state index contributed by atoms with van der Waals surface area (Å²) in [6, 6.07) is 9.64. The average molecular weight is 297 g/mol. The van der Waals surface area contributed by atoms with Crippen molar-refractivity contribution in [3.63, 3.8) is 0 Å². The highest BCUT2D eigenvalue weighted by atomic mass is 16.1. The predicted octanol–water partition coefficient (Wildman–Crippen LogP) is 2.09. The molecule has 0 saturated carbocycles. The molecule has 1 aromatic heterocycles. The number of carbonyl (C=O) groups excluding carboxylic acids is 1. The fourth-order valence-corrected chi connectivity index (χ4v) is 2.86. The summed E-state index contributed by atoms with van der Waals surface area (Å²) in [4.78, 5) is 26.0. The SMILES string of the molecule is O=Cc1c(N2CCCCC2)cnn(Cc2ccccc2)c1=O. The third-order valence-electron chi connectivity index (χ3n) is 4.05. The van der Waals surface area contributed by atoms with Gasteiger partial charge in [0.05, 0.1) is 18.4 Å². The Balaban J connectivity index is 1.94. The normalized spacial score (nSPS) is 14.8. The first-order valence-corrected chi connectivity index (χ1v) is 7.64. The van der Waals surface area contributed by atoms with Crippen molar-refractivity contribution in [3.05, 3.63) is 58.0 Å². The Morgan fingerprint density at radius 1 is 1.09 bits per heavy atom. The van der Waals surface area contributed by atoms with E-state index in [1.807, 2.05) is 30.3 Å². The van der Waals surface area contributed by atoms with Crippen LogP contribution in [0, 0.1) is 0 Å². The van der Waals surface area contributed by atoms with E-state index in [4.69, 9.17) is 0 Å². The maximum Gasteiger partial charge on any atom is 0.279 e. The van der Waals surface area contributed by atoms with Gasteiger partial charge in [-0.15, -0.1) is 0 Å². The van der Waals surface area contributed by atoms with E-state index in [9.17, 15) is 9.59 Å². The number of benzene rings is 1. The zero-order valence-electron chi connectivity index (χ0n) is 12.4. The first-order valence-electron chi connectivity index (χ1n) is 7.64. The molecule has 2 aromatic rings. The van der Waals surface area contributed by atoms with Crippen molar-refractivity contribution in [2.45, 2.75) is 25.8 Å². The molecule has 1 aromatic carbocycles. The summed E-state index contributed by atoms with van der Waals surface area (Å²) in [5, 5.41) is 4.26. The Bertz CT molecular complexity index is 704. The second kappa shape index (κ2) is 6.56. The van der Waals surface area contributed by atoms with Gasteiger partial charge in [-0.1, -0.05) is 30.3 Å². The van der Waals surface area contributed by atoms with Crippen LogP contribution >= 0.6 is 0 Å². The first kappa shape index (κ1) is 14.5. The zero-order chi connectivity index (χ0) is 15.4. The third kappa shape index (κ3) is 2.93. The highest BCUT2D eigenvalue weighted by Crippen LogP contribution is 2.20. The lowest BCUT2D eigenvalue weighted by molar-refractivity contribution is 0.112. The summed E-state index contributed by atoms with van der Waals surface area (Å²) < 4.78 is 1.35. The standard InChI is InChI=1S/C17H19N3O2/c21-13-15-16(19-9-5-2-6-10-19)11-18-20(17(15)22)12-14-7-3-1-4-8-14/h1,3-4,7-8,11,13H,2,5-6,9-10,12H2. The van der Waals surface area contributed by atoms with E-state index in [0.717, 1.165) is 31.5 Å². The fourth-order valence-electron chi connectivity index (χ4n) is 2.86. The highest BCUT2D eigenvalue weighted by Gasteiger charge is 2.18. The number of aldehydes is 1. The van der Waals surface area contributed by atoms with Crippen LogP contribution in [0.3, 0.4) is 0 Å². The monoisotopic (exact) mass is 297 g/mol. The molecule has 22 heavy (non-hydrogen) atoms. The molecule has 1 saturated heterocycles. The Morgan fingerprint density at radius 3 is 2.50 bits per heavy atom. The molecule has 0 amide bonds. The topological polar surface area (TPSA) is 55.2 Å². The van der Waals surface area contributed by atoms with Crippen molar-refractivity contribution in [1.29, 1.82) is 0 Å². The molecule has 0 N–H and O–H groups in total. The van der Waals surface area contributed by atoms with Crippen LogP contribution in [0.25, 0.3) is 0 Å². The van der Waals surface area contributed by atoms with Gasteiger partial charge in [0.2, 0.25) is 0 Å². The maximum absolute atomic E-state index is 12.5. The van der Waals surface area contributed by atoms with Crippen LogP contribution in [0.1, 0.15) is 35.2 Å². The van der Waals surface area contributed by atoms with Crippen LogP contribution in [0.2, 0.25) is 0 Å². The summed E-state index contributed by atoms with van der Waals surface area (Å²) in [5.74, 6) is 0. The van der Waals surface area contributed by atoms with Crippen LogP contribution in [0.4, 0.5) is 5.69 Å². The summed E-state index contributed by atoms with van der Waals surface area (Å²) >= 11 is 0. The third-order valence-corrected chi connectivity index (χ3v) is 4.05. The molecular weight excluding hydrogens is 278 g/mol. The molecule has 5 nitrogen and oxygen atoms in total. The fraction of sp³-hybridized carbons (Fsp3) is 0.353. The molecule has 0 spiro atoms. The van der Waals surface area contributed by atoms with Crippen LogP contribution in [-0.4, -0.2) is 29.2 Å². The minimum absolute atomic E-state index is 0.216. The number of piperidine rings is 1. The van der Waals surface area contributed by atoms with Crippen LogP contribution in [0.15, 0.2) is 41.3 Å². The summed E-state index contributed by atoms with van der Waals surface area (Å²) in [5.41, 5.74) is 1.55. The van der Waals surface area contributed by atoms with E-state index in [0.29, 0.717) is 18.5 Å². The van der Waals surface area contributed by atoms with Gasteiger partial charge >= 0.3 is 0 Å². The van der Waals surface area contributed by atoms with Gasteiger partial charge in [-0.2, -0.15) is 5.10 Å². The average Bonchev–Trinajstić information content (AvgIpc) is 2.58. The molecule has 0 atom stereocenters. The van der Waals surface area contributed by atoms with Crippen molar-refractivity contribution >= 4 is 12.0 Å². The van der Waals surface area contributed by atoms with Gasteiger partial charge in [0.15, 0.2) is 6.29 Å². The minimum Gasteiger partial charge on any atom is -0.369 e. The number of rotatable bonds is 4. The van der Waals surface area contributed by atoms with E-state index < -0.39 is 0 Å². The van der Waals surface area contributed by atoms with E-state index >= 15 is 0 Å². The van der Waals surface area contributed by atoms with Crippen molar-refractivity contribution < 1.29 is 4.79 Å². The Hall–Kier alpha value is -2.43. The van der Waals surface area contributed by atoms with Crippen LogP contribution in [-0.2, 0) is 6.54 Å². The number of hydrogen-bond donors (Lipinski definition) is 0. The van der Waals surface area contributed by atoms with Crippen LogP contribution < -0.4 is 10.5 Å². The number of nitrogens with zero attached hydrogens (tertiary/aromatic N) is 3. The molecule has 0 unspecified atom stereocenters. The smallest absolute Gasteiger partial charge is 0.279 e. The largest absolute Gasteiger partial charge is 0.369 e. The van der Waals surface area contributed by atoms with E-state index in [-0.39, 0.29) is 11.1 Å². The quantitative estimate of drug-likeness (QED) is 0.811. The molecule has 1 fully saturated rings. The molecule has 114 valence electrons. The van der Waals surface area contributed by atoms with Gasteiger partial charge in [0.1, 0.15) is 5.56 Å². The van der Waals surface area contributed by atoms with Crippen molar-refractivity contribution in [3.8, 4) is 0 Å². The second-order valence-corrected chi connectivity index (χ2v) is 5.56. The van der Waals surface area contributed by atoms with Gasteiger partial charge in [-0.25, -0.2) is 4.68 Å². The lowest BCUT2D eigenvalue weighted by Crippen LogP contribution is -2.35. The number of carbonyl (C=O) groups is 1. The number of anilines is 1. The van der Waals surface area contributed by atoms with Gasteiger partial charge < -0.3 is 4.90 Å². The molecule has 3 rings (SSSR count). The summed E-state index contributed by atoms with van der Waals surface area (Å²) in [6.07, 6.45) is 5.69. The molecular formula is C17H19N3O2. The zero-order valence-corrected chi connectivity index (χ0v) is 12.4. The summed E-state index contributed by atoms with van der Waals surface area (Å²) in [7, 11) is 0. The Morgan fingerprint density at radius 2 is 1.82 bits per heavy atom. The number of hydrogen-bond acceptors (Lipinski definition) is 4. The van der Waals surface area contributed by atoms with Gasteiger partial charge in [-0.3, -0.25) is 9.59 Å².